The maximum Gasteiger partial charge on any atom is 0.338 e. The van der Waals surface area contributed by atoms with E-state index >= 15 is 0 Å². The average molecular weight is 469 g/mol. The first-order valence-electron chi connectivity index (χ1n) is 11.2. The van der Waals surface area contributed by atoms with Crippen molar-refractivity contribution in [2.75, 3.05) is 26.3 Å². The van der Waals surface area contributed by atoms with Gasteiger partial charge in [0.2, 0.25) is 0 Å². The molecule has 0 saturated heterocycles. The average Bonchev–Trinajstić information content (AvgIpc) is 2.83. The minimum atomic E-state index is -0.584. The van der Waals surface area contributed by atoms with E-state index in [1.807, 2.05) is 24.3 Å². The number of benzene rings is 2. The van der Waals surface area contributed by atoms with Crippen molar-refractivity contribution in [1.82, 2.24) is 10.6 Å². The first kappa shape index (κ1) is 26.6. The Balaban J connectivity index is 1.60. The highest BCUT2D eigenvalue weighted by Crippen LogP contribution is 2.16. The van der Waals surface area contributed by atoms with Crippen LogP contribution in [-0.4, -0.2) is 50.1 Å². The molecule has 0 bridgehead atoms. The highest BCUT2D eigenvalue weighted by Gasteiger charge is 2.12. The van der Waals surface area contributed by atoms with Gasteiger partial charge in [-0.2, -0.15) is 0 Å². The molecule has 0 aliphatic heterocycles. The maximum absolute atomic E-state index is 12.0. The molecule has 182 valence electrons. The molecule has 0 saturated carbocycles. The van der Waals surface area contributed by atoms with E-state index in [2.05, 4.69) is 38.3 Å². The summed E-state index contributed by atoms with van der Waals surface area (Å²) in [6.07, 6.45) is 0. The standard InChI is InChI=1S/C26H32N2O6/c1-17(2)19-5-9-21(10-6-19)25(31)33-15-23(29)27-13-14-28-24(30)16-34-26(32)22-11-7-20(8-12-22)18(3)4/h5-12,17-18H,13-16H2,1-4H3,(H,27,29)(H,28,30). The van der Waals surface area contributed by atoms with Gasteiger partial charge in [0.15, 0.2) is 13.2 Å². The van der Waals surface area contributed by atoms with Gasteiger partial charge in [0.1, 0.15) is 0 Å². The molecule has 0 aliphatic carbocycles. The Morgan fingerprint density at radius 3 is 1.24 bits per heavy atom. The van der Waals surface area contributed by atoms with Crippen molar-refractivity contribution in [3.8, 4) is 0 Å². The van der Waals surface area contributed by atoms with Crippen molar-refractivity contribution in [3.05, 3.63) is 70.8 Å². The van der Waals surface area contributed by atoms with Gasteiger partial charge in [-0.1, -0.05) is 52.0 Å². The Morgan fingerprint density at radius 2 is 0.941 bits per heavy atom. The van der Waals surface area contributed by atoms with Crippen LogP contribution < -0.4 is 10.6 Å². The number of amides is 2. The zero-order valence-electron chi connectivity index (χ0n) is 20.1. The van der Waals surface area contributed by atoms with E-state index in [0.717, 1.165) is 11.1 Å². The van der Waals surface area contributed by atoms with Crippen LogP contribution in [0.5, 0.6) is 0 Å². The van der Waals surface area contributed by atoms with Gasteiger partial charge < -0.3 is 20.1 Å². The van der Waals surface area contributed by atoms with Crippen LogP contribution in [0, 0.1) is 0 Å². The molecule has 0 atom stereocenters. The number of nitrogens with one attached hydrogen (secondary N) is 2. The lowest BCUT2D eigenvalue weighted by Gasteiger charge is -2.09. The lowest BCUT2D eigenvalue weighted by molar-refractivity contribution is -0.125. The second-order valence-electron chi connectivity index (χ2n) is 8.41. The molecule has 8 nitrogen and oxygen atoms in total. The summed E-state index contributed by atoms with van der Waals surface area (Å²) in [7, 11) is 0. The van der Waals surface area contributed by atoms with E-state index in [0.29, 0.717) is 23.0 Å². The number of hydrogen-bond donors (Lipinski definition) is 2. The minimum Gasteiger partial charge on any atom is -0.452 e. The molecule has 0 radical (unpaired) electrons. The first-order chi connectivity index (χ1) is 16.2. The molecule has 0 aliphatic rings. The molecular weight excluding hydrogens is 436 g/mol. The van der Waals surface area contributed by atoms with Crippen molar-refractivity contribution >= 4 is 23.8 Å². The van der Waals surface area contributed by atoms with Gasteiger partial charge in [-0.15, -0.1) is 0 Å². The third-order valence-corrected chi connectivity index (χ3v) is 5.06. The molecule has 34 heavy (non-hydrogen) atoms. The highest BCUT2D eigenvalue weighted by molar-refractivity contribution is 5.92. The van der Waals surface area contributed by atoms with Crippen molar-refractivity contribution in [2.45, 2.75) is 39.5 Å². The van der Waals surface area contributed by atoms with Crippen molar-refractivity contribution in [1.29, 1.82) is 0 Å². The zero-order valence-corrected chi connectivity index (χ0v) is 20.1. The summed E-state index contributed by atoms with van der Waals surface area (Å²) in [5, 5.41) is 5.07. The predicted molar refractivity (Wildman–Crippen MR) is 128 cm³/mol. The van der Waals surface area contributed by atoms with E-state index in [1.54, 1.807) is 24.3 Å². The number of ether oxygens (including phenoxy) is 2. The first-order valence-corrected chi connectivity index (χ1v) is 11.2. The normalized spacial score (nSPS) is 10.6. The molecule has 2 N–H and O–H groups in total. The van der Waals surface area contributed by atoms with Crippen molar-refractivity contribution < 1.29 is 28.7 Å². The van der Waals surface area contributed by atoms with Crippen LogP contribution in [0.25, 0.3) is 0 Å². The Hall–Kier alpha value is -3.68. The number of esters is 2. The summed E-state index contributed by atoms with van der Waals surface area (Å²) >= 11 is 0. The summed E-state index contributed by atoms with van der Waals surface area (Å²) in [6, 6.07) is 14.1. The third kappa shape index (κ3) is 8.69. The lowest BCUT2D eigenvalue weighted by atomic mass is 10.0. The number of rotatable bonds is 11. The third-order valence-electron chi connectivity index (χ3n) is 5.06. The molecule has 2 rings (SSSR count). The summed E-state index contributed by atoms with van der Waals surface area (Å²) in [5.41, 5.74) is 2.95. The number of carbonyl (C=O) groups is 4. The van der Waals surface area contributed by atoms with Gasteiger partial charge in [0.25, 0.3) is 11.8 Å². The Kier molecular flexibility index (Phi) is 10.3. The van der Waals surface area contributed by atoms with Crippen LogP contribution in [0.3, 0.4) is 0 Å². The van der Waals surface area contributed by atoms with Crippen molar-refractivity contribution in [3.63, 3.8) is 0 Å². The molecule has 0 fully saturated rings. The Morgan fingerprint density at radius 1 is 0.618 bits per heavy atom. The minimum absolute atomic E-state index is 0.135. The van der Waals surface area contributed by atoms with Gasteiger partial charge in [-0.25, -0.2) is 9.59 Å². The second-order valence-corrected chi connectivity index (χ2v) is 8.41. The largest absolute Gasteiger partial charge is 0.452 e. The summed E-state index contributed by atoms with van der Waals surface area (Å²) in [6.45, 7) is 7.64. The lowest BCUT2D eigenvalue weighted by Crippen LogP contribution is -2.38. The highest BCUT2D eigenvalue weighted by atomic mass is 16.5. The number of hydrogen-bond acceptors (Lipinski definition) is 6. The van der Waals surface area contributed by atoms with E-state index in [1.165, 1.54) is 0 Å². The molecule has 2 aromatic rings. The van der Waals surface area contributed by atoms with E-state index < -0.39 is 37.0 Å². The van der Waals surface area contributed by atoms with Crippen molar-refractivity contribution in [2.24, 2.45) is 0 Å². The SMILES string of the molecule is CC(C)c1ccc(C(=O)OCC(=O)NCCNC(=O)COC(=O)c2ccc(C(C)C)cc2)cc1. The Labute approximate surface area is 200 Å². The van der Waals surface area contributed by atoms with Gasteiger partial charge in [-0.05, 0) is 47.2 Å². The Bertz CT molecular complexity index is 900. The van der Waals surface area contributed by atoms with Gasteiger partial charge in [0.05, 0.1) is 11.1 Å². The van der Waals surface area contributed by atoms with Crippen LogP contribution in [0.15, 0.2) is 48.5 Å². The van der Waals surface area contributed by atoms with Crippen LogP contribution in [0.1, 0.15) is 71.4 Å². The van der Waals surface area contributed by atoms with Crippen LogP contribution in [0.2, 0.25) is 0 Å². The molecule has 0 spiro atoms. The van der Waals surface area contributed by atoms with Crippen LogP contribution >= 0.6 is 0 Å². The molecule has 0 unspecified atom stereocenters. The van der Waals surface area contributed by atoms with Gasteiger partial charge in [-0.3, -0.25) is 9.59 Å². The predicted octanol–water partition coefficient (Wildman–Crippen LogP) is 3.18. The fourth-order valence-corrected chi connectivity index (χ4v) is 2.94. The molecular formula is C26H32N2O6. The second kappa shape index (κ2) is 13.1. The van der Waals surface area contributed by atoms with Gasteiger partial charge >= 0.3 is 11.9 Å². The summed E-state index contributed by atoms with van der Waals surface area (Å²) in [5.74, 6) is -1.44. The number of carbonyl (C=O) groups excluding carboxylic acids is 4. The van der Waals surface area contributed by atoms with E-state index in [9.17, 15) is 19.2 Å². The topological polar surface area (TPSA) is 111 Å². The molecule has 2 amide bonds. The quantitative estimate of drug-likeness (QED) is 0.387. The van der Waals surface area contributed by atoms with E-state index in [4.69, 9.17) is 9.47 Å². The smallest absolute Gasteiger partial charge is 0.338 e. The maximum atomic E-state index is 12.0. The van der Waals surface area contributed by atoms with E-state index in [-0.39, 0.29) is 13.1 Å². The molecule has 0 aromatic heterocycles. The molecule has 0 heterocycles. The summed E-state index contributed by atoms with van der Waals surface area (Å²) in [4.78, 5) is 47.7. The fourth-order valence-electron chi connectivity index (χ4n) is 2.94. The summed E-state index contributed by atoms with van der Waals surface area (Å²) < 4.78 is 10.00. The zero-order chi connectivity index (χ0) is 25.1. The van der Waals surface area contributed by atoms with Crippen LogP contribution in [-0.2, 0) is 19.1 Å². The van der Waals surface area contributed by atoms with Gasteiger partial charge in [0, 0.05) is 13.1 Å². The molecule has 8 heteroatoms. The monoisotopic (exact) mass is 468 g/mol. The molecule has 2 aromatic carbocycles. The fraction of sp³-hybridized carbons (Fsp3) is 0.385. The van der Waals surface area contributed by atoms with Crippen LogP contribution in [0.4, 0.5) is 0 Å².